The SMILES string of the molecule is O=C(NCC(O)C(O)c1ccc(C(F)(F)F)cc1[N+](=O)[O-])OCc1ccccc1. The van der Waals surface area contributed by atoms with Crippen molar-refractivity contribution in [1.29, 1.82) is 0 Å². The number of aliphatic hydroxyl groups excluding tert-OH is 2. The number of nitrogens with zero attached hydrogens (tertiary/aromatic N) is 1. The first-order chi connectivity index (χ1) is 13.6. The minimum Gasteiger partial charge on any atom is -0.445 e. The number of hydrogen-bond acceptors (Lipinski definition) is 6. The van der Waals surface area contributed by atoms with E-state index in [4.69, 9.17) is 4.74 Å². The molecule has 0 aromatic heterocycles. The fourth-order valence-electron chi connectivity index (χ4n) is 2.41. The van der Waals surface area contributed by atoms with Crippen molar-refractivity contribution in [3.63, 3.8) is 0 Å². The van der Waals surface area contributed by atoms with E-state index in [1.807, 2.05) is 0 Å². The normalized spacial score (nSPS) is 13.4. The summed E-state index contributed by atoms with van der Waals surface area (Å²) < 4.78 is 43.1. The predicted octanol–water partition coefficient (Wildman–Crippen LogP) is 2.93. The third-order valence-corrected chi connectivity index (χ3v) is 3.91. The average molecular weight is 414 g/mol. The van der Waals surface area contributed by atoms with Crippen LogP contribution in [0.1, 0.15) is 22.8 Å². The van der Waals surface area contributed by atoms with Gasteiger partial charge in [0.1, 0.15) is 18.8 Å². The van der Waals surface area contributed by atoms with Gasteiger partial charge in [0, 0.05) is 12.6 Å². The molecule has 2 rings (SSSR count). The van der Waals surface area contributed by atoms with E-state index in [9.17, 15) is 38.3 Å². The molecule has 3 N–H and O–H groups in total. The highest BCUT2D eigenvalue weighted by Crippen LogP contribution is 2.35. The van der Waals surface area contributed by atoms with Crippen LogP contribution < -0.4 is 5.32 Å². The molecule has 2 atom stereocenters. The van der Waals surface area contributed by atoms with Crippen molar-refractivity contribution in [2.24, 2.45) is 0 Å². The summed E-state index contributed by atoms with van der Waals surface area (Å²) in [7, 11) is 0. The van der Waals surface area contributed by atoms with Gasteiger partial charge < -0.3 is 20.3 Å². The number of nitro groups is 1. The van der Waals surface area contributed by atoms with Gasteiger partial charge in [0.05, 0.1) is 16.1 Å². The Kier molecular flexibility index (Phi) is 7.13. The zero-order valence-corrected chi connectivity index (χ0v) is 14.8. The van der Waals surface area contributed by atoms with Gasteiger partial charge in [-0.25, -0.2) is 4.79 Å². The number of nitro benzene ring substituents is 1. The molecule has 156 valence electrons. The maximum absolute atomic E-state index is 12.7. The summed E-state index contributed by atoms with van der Waals surface area (Å²) in [5.41, 5.74) is -2.08. The molecule has 0 saturated carbocycles. The maximum Gasteiger partial charge on any atom is 0.416 e. The number of alkyl halides is 3. The van der Waals surface area contributed by atoms with Crippen LogP contribution >= 0.6 is 0 Å². The van der Waals surface area contributed by atoms with E-state index in [0.29, 0.717) is 17.7 Å². The predicted molar refractivity (Wildman–Crippen MR) is 93.7 cm³/mol. The molecule has 0 fully saturated rings. The number of alkyl carbamates (subject to hydrolysis) is 1. The fraction of sp³-hybridized carbons (Fsp3) is 0.278. The highest BCUT2D eigenvalue weighted by atomic mass is 19.4. The lowest BCUT2D eigenvalue weighted by atomic mass is 10.00. The number of rotatable bonds is 7. The van der Waals surface area contributed by atoms with Gasteiger partial charge >= 0.3 is 12.3 Å². The first kappa shape index (κ1) is 22.1. The lowest BCUT2D eigenvalue weighted by Crippen LogP contribution is -2.36. The van der Waals surface area contributed by atoms with Crippen molar-refractivity contribution in [3.05, 3.63) is 75.3 Å². The quantitative estimate of drug-likeness (QED) is 0.473. The van der Waals surface area contributed by atoms with E-state index in [-0.39, 0.29) is 12.7 Å². The molecule has 8 nitrogen and oxygen atoms in total. The Morgan fingerprint density at radius 1 is 1.17 bits per heavy atom. The smallest absolute Gasteiger partial charge is 0.416 e. The molecule has 0 aliphatic rings. The summed E-state index contributed by atoms with van der Waals surface area (Å²) in [5, 5.41) is 33.3. The zero-order chi connectivity index (χ0) is 21.6. The van der Waals surface area contributed by atoms with Crippen LogP contribution in [0.4, 0.5) is 23.7 Å². The number of carbonyl (C=O) groups excluding carboxylic acids is 1. The first-order valence-electron chi connectivity index (χ1n) is 8.26. The summed E-state index contributed by atoms with van der Waals surface area (Å²) in [4.78, 5) is 21.6. The summed E-state index contributed by atoms with van der Waals surface area (Å²) in [5.74, 6) is 0. The molecule has 2 aromatic carbocycles. The fourth-order valence-corrected chi connectivity index (χ4v) is 2.41. The molecule has 0 saturated heterocycles. The van der Waals surface area contributed by atoms with Crippen LogP contribution in [0.3, 0.4) is 0 Å². The van der Waals surface area contributed by atoms with E-state index in [0.717, 1.165) is 0 Å². The summed E-state index contributed by atoms with van der Waals surface area (Å²) in [6.45, 7) is -0.595. The van der Waals surface area contributed by atoms with Crippen molar-refractivity contribution in [2.45, 2.75) is 25.0 Å². The number of aliphatic hydroxyl groups is 2. The van der Waals surface area contributed by atoms with Gasteiger partial charge in [0.2, 0.25) is 0 Å². The van der Waals surface area contributed by atoms with E-state index >= 15 is 0 Å². The Hall–Kier alpha value is -3.18. The molecule has 2 unspecified atom stereocenters. The molecule has 0 bridgehead atoms. The van der Waals surface area contributed by atoms with E-state index in [1.54, 1.807) is 30.3 Å². The highest BCUT2D eigenvalue weighted by molar-refractivity contribution is 5.67. The van der Waals surface area contributed by atoms with E-state index in [1.165, 1.54) is 0 Å². The van der Waals surface area contributed by atoms with Crippen LogP contribution in [0, 0.1) is 10.1 Å². The summed E-state index contributed by atoms with van der Waals surface area (Å²) >= 11 is 0. The monoisotopic (exact) mass is 414 g/mol. The van der Waals surface area contributed by atoms with Crippen LogP contribution in [0.15, 0.2) is 48.5 Å². The van der Waals surface area contributed by atoms with E-state index in [2.05, 4.69) is 5.32 Å². The van der Waals surface area contributed by atoms with Gasteiger partial charge in [0.15, 0.2) is 0 Å². The van der Waals surface area contributed by atoms with Crippen molar-refractivity contribution in [3.8, 4) is 0 Å². The molecule has 0 heterocycles. The molecule has 29 heavy (non-hydrogen) atoms. The third kappa shape index (κ3) is 6.16. The number of halogens is 3. The number of nitrogens with one attached hydrogen (secondary N) is 1. The van der Waals surface area contributed by atoms with E-state index < -0.39 is 52.8 Å². The third-order valence-electron chi connectivity index (χ3n) is 3.91. The lowest BCUT2D eigenvalue weighted by Gasteiger charge is -2.19. The molecule has 0 aliphatic carbocycles. The minimum atomic E-state index is -4.81. The van der Waals surface area contributed by atoms with Crippen LogP contribution in [-0.2, 0) is 17.5 Å². The van der Waals surface area contributed by atoms with Gasteiger partial charge in [-0.3, -0.25) is 10.1 Å². The average Bonchev–Trinajstić information content (AvgIpc) is 2.69. The Morgan fingerprint density at radius 3 is 2.41 bits per heavy atom. The molecule has 2 aromatic rings. The second kappa shape index (κ2) is 9.34. The molecule has 0 spiro atoms. The molecular formula is C18H17F3N2O6. The van der Waals surface area contributed by atoms with Crippen molar-refractivity contribution in [1.82, 2.24) is 5.32 Å². The second-order valence-electron chi connectivity index (χ2n) is 5.98. The van der Waals surface area contributed by atoms with Gasteiger partial charge in [-0.15, -0.1) is 0 Å². The van der Waals surface area contributed by atoms with Crippen LogP contribution in [-0.4, -0.2) is 33.9 Å². The van der Waals surface area contributed by atoms with Crippen molar-refractivity contribution >= 4 is 11.8 Å². The Labute approximate surface area is 162 Å². The van der Waals surface area contributed by atoms with Crippen LogP contribution in [0.2, 0.25) is 0 Å². The Morgan fingerprint density at radius 2 is 1.83 bits per heavy atom. The lowest BCUT2D eigenvalue weighted by molar-refractivity contribution is -0.386. The zero-order valence-electron chi connectivity index (χ0n) is 14.8. The number of amides is 1. The van der Waals surface area contributed by atoms with Crippen LogP contribution in [0.5, 0.6) is 0 Å². The molecule has 1 amide bonds. The number of hydrogen-bond donors (Lipinski definition) is 3. The highest BCUT2D eigenvalue weighted by Gasteiger charge is 2.35. The number of carbonyl (C=O) groups is 1. The van der Waals surface area contributed by atoms with Gasteiger partial charge in [0.25, 0.3) is 5.69 Å². The largest absolute Gasteiger partial charge is 0.445 e. The van der Waals surface area contributed by atoms with Crippen LogP contribution in [0.25, 0.3) is 0 Å². The summed E-state index contributed by atoms with van der Waals surface area (Å²) in [6, 6.07) is 10.2. The van der Waals surface area contributed by atoms with Crippen molar-refractivity contribution < 1.29 is 37.8 Å². The van der Waals surface area contributed by atoms with Gasteiger partial charge in [-0.1, -0.05) is 30.3 Å². The van der Waals surface area contributed by atoms with Gasteiger partial charge in [-0.05, 0) is 17.7 Å². The molecule has 11 heteroatoms. The number of ether oxygens (including phenoxy) is 1. The van der Waals surface area contributed by atoms with Gasteiger partial charge in [-0.2, -0.15) is 13.2 Å². The standard InChI is InChI=1S/C18H17F3N2O6/c19-18(20,21)12-6-7-13(14(8-12)23(27)28)16(25)15(24)9-22-17(26)29-10-11-4-2-1-3-5-11/h1-8,15-16,24-25H,9-10H2,(H,22,26). The molecular weight excluding hydrogens is 397 g/mol. The topological polar surface area (TPSA) is 122 Å². The van der Waals surface area contributed by atoms with Crippen molar-refractivity contribution in [2.75, 3.05) is 6.54 Å². The second-order valence-corrected chi connectivity index (χ2v) is 5.98. The Balaban J connectivity index is 1.99. The Bertz CT molecular complexity index is 860. The first-order valence-corrected chi connectivity index (χ1v) is 8.26. The minimum absolute atomic E-state index is 0.0459. The molecule has 0 aliphatic heterocycles. The molecule has 0 radical (unpaired) electrons. The number of benzene rings is 2. The maximum atomic E-state index is 12.7. The summed E-state index contributed by atoms with van der Waals surface area (Å²) in [6.07, 6.45) is -9.36.